The maximum atomic E-state index is 13.3. The number of nitrogens with one attached hydrogen (secondary N) is 1. The second-order valence-corrected chi connectivity index (χ2v) is 9.93. The van der Waals surface area contributed by atoms with Crippen LogP contribution >= 0.6 is 11.6 Å². The molecule has 4 saturated carbocycles. The highest BCUT2D eigenvalue weighted by atomic mass is 35.5. The van der Waals surface area contributed by atoms with E-state index in [1.165, 1.54) is 4.68 Å². The maximum Gasteiger partial charge on any atom is 0.309 e. The van der Waals surface area contributed by atoms with Crippen LogP contribution in [0.5, 0.6) is 11.5 Å². The third kappa shape index (κ3) is 3.15. The summed E-state index contributed by atoms with van der Waals surface area (Å²) in [7, 11) is 3.11. The van der Waals surface area contributed by atoms with Gasteiger partial charge in [0.25, 0.3) is 5.56 Å². The lowest BCUT2D eigenvalue weighted by molar-refractivity contribution is -0.173. The van der Waals surface area contributed by atoms with Gasteiger partial charge in [0.15, 0.2) is 11.5 Å². The first-order valence-corrected chi connectivity index (χ1v) is 11.2. The van der Waals surface area contributed by atoms with E-state index in [1.807, 2.05) is 0 Å². The van der Waals surface area contributed by atoms with Gasteiger partial charge in [-0.15, -0.1) is 0 Å². The van der Waals surface area contributed by atoms with Gasteiger partial charge in [-0.1, -0.05) is 11.6 Å². The number of carboxylic acid groups (broad SMARTS) is 1. The van der Waals surface area contributed by atoms with E-state index in [1.54, 1.807) is 38.6 Å². The predicted octanol–water partition coefficient (Wildman–Crippen LogP) is 4.04. The number of halogens is 1. The van der Waals surface area contributed by atoms with Crippen LogP contribution in [0.15, 0.2) is 29.2 Å². The molecule has 170 valence electrons. The molecular weight excluding hydrogens is 434 g/mol. The van der Waals surface area contributed by atoms with Crippen LogP contribution in [-0.2, 0) is 10.3 Å². The van der Waals surface area contributed by atoms with Gasteiger partial charge in [0.1, 0.15) is 5.02 Å². The fourth-order valence-electron chi connectivity index (χ4n) is 6.64. The molecule has 2 unspecified atom stereocenters. The number of aromatic nitrogens is 2. The predicted molar refractivity (Wildman–Crippen MR) is 119 cm³/mol. The first-order valence-electron chi connectivity index (χ1n) is 10.8. The highest BCUT2D eigenvalue weighted by Gasteiger charge is 2.62. The zero-order valence-electron chi connectivity index (χ0n) is 18.1. The zero-order chi connectivity index (χ0) is 22.7. The lowest BCUT2D eigenvalue weighted by Gasteiger charge is -2.60. The summed E-state index contributed by atoms with van der Waals surface area (Å²) in [6, 6.07) is 5.29. The van der Waals surface area contributed by atoms with Crippen molar-refractivity contribution in [2.45, 2.75) is 44.1 Å². The molecule has 9 heteroatoms. The minimum Gasteiger partial charge on any atom is -0.493 e. The van der Waals surface area contributed by atoms with Gasteiger partial charge in [0, 0.05) is 11.8 Å². The molecule has 4 aliphatic carbocycles. The number of rotatable bonds is 6. The zero-order valence-corrected chi connectivity index (χ0v) is 18.8. The minimum absolute atomic E-state index is 0.0369. The van der Waals surface area contributed by atoms with Crippen molar-refractivity contribution < 1.29 is 19.4 Å². The third-order valence-corrected chi connectivity index (χ3v) is 7.88. The fourth-order valence-corrected chi connectivity index (χ4v) is 6.82. The Morgan fingerprint density at radius 2 is 1.88 bits per heavy atom. The number of hydrogen-bond donors (Lipinski definition) is 2. The monoisotopic (exact) mass is 459 g/mol. The van der Waals surface area contributed by atoms with Gasteiger partial charge in [0.2, 0.25) is 0 Å². The van der Waals surface area contributed by atoms with Gasteiger partial charge in [-0.25, -0.2) is 4.68 Å². The highest BCUT2D eigenvalue weighted by molar-refractivity contribution is 6.33. The molecule has 0 aliphatic heterocycles. The van der Waals surface area contributed by atoms with Crippen molar-refractivity contribution in [3.8, 4) is 11.5 Å². The van der Waals surface area contributed by atoms with E-state index >= 15 is 0 Å². The molecular formula is C23H26ClN3O5. The number of nitrogens with zero attached hydrogens (tertiary/aromatic N) is 2. The number of benzene rings is 1. The molecule has 4 bridgehead atoms. The third-order valence-electron chi connectivity index (χ3n) is 7.51. The number of anilines is 2. The van der Waals surface area contributed by atoms with Crippen LogP contribution in [0.4, 0.5) is 11.4 Å². The van der Waals surface area contributed by atoms with Gasteiger partial charge in [0.05, 0.1) is 37.1 Å². The summed E-state index contributed by atoms with van der Waals surface area (Å²) in [4.78, 5) is 25.5. The molecule has 1 heterocycles. The lowest BCUT2D eigenvalue weighted by atomic mass is 9.47. The molecule has 2 N–H and O–H groups in total. The first kappa shape index (κ1) is 21.1. The van der Waals surface area contributed by atoms with E-state index in [0.717, 1.165) is 19.3 Å². The maximum absolute atomic E-state index is 13.3. The van der Waals surface area contributed by atoms with Crippen molar-refractivity contribution in [1.29, 1.82) is 0 Å². The van der Waals surface area contributed by atoms with Crippen molar-refractivity contribution in [2.24, 2.45) is 17.3 Å². The van der Waals surface area contributed by atoms with Crippen LogP contribution in [0, 0.1) is 17.3 Å². The molecule has 4 atom stereocenters. The quantitative estimate of drug-likeness (QED) is 0.672. The van der Waals surface area contributed by atoms with Crippen LogP contribution in [0.1, 0.15) is 38.5 Å². The Morgan fingerprint density at radius 1 is 1.19 bits per heavy atom. The molecule has 0 spiro atoms. The summed E-state index contributed by atoms with van der Waals surface area (Å²) in [5.74, 6) is 1.00. The highest BCUT2D eigenvalue weighted by Crippen LogP contribution is 2.63. The number of ether oxygens (including phenoxy) is 2. The summed E-state index contributed by atoms with van der Waals surface area (Å²) in [6.45, 7) is 0. The summed E-state index contributed by atoms with van der Waals surface area (Å²) < 4.78 is 12.1. The van der Waals surface area contributed by atoms with Gasteiger partial charge in [-0.2, -0.15) is 5.10 Å². The van der Waals surface area contributed by atoms with E-state index in [4.69, 9.17) is 21.1 Å². The second-order valence-electron chi connectivity index (χ2n) is 9.55. The molecule has 6 rings (SSSR count). The molecule has 32 heavy (non-hydrogen) atoms. The number of carboxylic acids is 1. The van der Waals surface area contributed by atoms with Gasteiger partial charge in [-0.3, -0.25) is 9.59 Å². The van der Waals surface area contributed by atoms with E-state index in [9.17, 15) is 14.7 Å². The lowest BCUT2D eigenvalue weighted by Crippen LogP contribution is -2.61. The number of hydrogen-bond acceptors (Lipinski definition) is 6. The Hall–Kier alpha value is -2.74. The van der Waals surface area contributed by atoms with E-state index < -0.39 is 16.9 Å². The smallest absolute Gasteiger partial charge is 0.309 e. The van der Waals surface area contributed by atoms with Gasteiger partial charge in [-0.05, 0) is 62.5 Å². The molecule has 0 saturated heterocycles. The van der Waals surface area contributed by atoms with Gasteiger partial charge >= 0.3 is 5.97 Å². The standard InChI is InChI=1S/C23H26ClN3O5/c1-31-17-4-3-15(6-18(17)32-2)26-16-11-25-27(20(28)19(16)24)23-9-13-5-14(10-23)8-22(7-13,12-23)21(29)30/h3-4,6,11,13-14,26H,5,7-10,12H2,1-2H3,(H,29,30)/t13-,14+,22?,23?. The molecule has 4 aliphatic rings. The number of aliphatic carboxylic acids is 1. The SMILES string of the molecule is COc1ccc(Nc2cnn(C34C[C@@H]5C[C@@H](CC(C(=O)O)(C5)C3)C4)c(=O)c2Cl)cc1OC. The summed E-state index contributed by atoms with van der Waals surface area (Å²) in [5.41, 5.74) is -0.667. The molecule has 4 fully saturated rings. The largest absolute Gasteiger partial charge is 0.493 e. The van der Waals surface area contributed by atoms with Crippen LogP contribution in [-0.4, -0.2) is 35.1 Å². The number of methoxy groups -OCH3 is 2. The van der Waals surface area contributed by atoms with Crippen molar-refractivity contribution >= 4 is 28.9 Å². The van der Waals surface area contributed by atoms with Crippen LogP contribution in [0.25, 0.3) is 0 Å². The van der Waals surface area contributed by atoms with Crippen LogP contribution in [0.2, 0.25) is 5.02 Å². The topological polar surface area (TPSA) is 103 Å². The first-order chi connectivity index (χ1) is 15.3. The summed E-state index contributed by atoms with van der Waals surface area (Å²) in [6.07, 6.45) is 5.98. The Labute approximate surface area is 190 Å². The normalized spacial score (nSPS) is 30.2. The summed E-state index contributed by atoms with van der Waals surface area (Å²) in [5, 5.41) is 17.7. The molecule has 2 aromatic rings. The van der Waals surface area contributed by atoms with Crippen LogP contribution in [0.3, 0.4) is 0 Å². The van der Waals surface area contributed by atoms with Crippen molar-refractivity contribution in [2.75, 3.05) is 19.5 Å². The van der Waals surface area contributed by atoms with Crippen LogP contribution < -0.4 is 20.3 Å². The van der Waals surface area contributed by atoms with E-state index in [0.29, 0.717) is 54.0 Å². The average Bonchev–Trinajstić information content (AvgIpc) is 2.75. The molecule has 1 aromatic carbocycles. The Kier molecular flexibility index (Phi) is 4.89. The van der Waals surface area contributed by atoms with E-state index in [-0.39, 0.29) is 10.6 Å². The van der Waals surface area contributed by atoms with Gasteiger partial charge < -0.3 is 19.9 Å². The van der Waals surface area contributed by atoms with Crippen molar-refractivity contribution in [3.05, 3.63) is 39.8 Å². The van der Waals surface area contributed by atoms with E-state index in [2.05, 4.69) is 10.4 Å². The van der Waals surface area contributed by atoms with Crippen molar-refractivity contribution in [1.82, 2.24) is 9.78 Å². The molecule has 0 amide bonds. The second kappa shape index (κ2) is 7.40. The molecule has 8 nitrogen and oxygen atoms in total. The fraction of sp³-hybridized carbons (Fsp3) is 0.522. The Bertz CT molecular complexity index is 1130. The molecule has 0 radical (unpaired) electrons. The minimum atomic E-state index is -0.756. The Morgan fingerprint density at radius 3 is 2.50 bits per heavy atom. The van der Waals surface area contributed by atoms with Crippen molar-refractivity contribution in [3.63, 3.8) is 0 Å². The molecule has 1 aromatic heterocycles. The average molecular weight is 460 g/mol. The summed E-state index contributed by atoms with van der Waals surface area (Å²) >= 11 is 6.51. The number of carbonyl (C=O) groups is 1. The Balaban J connectivity index is 1.49.